The number of ether oxygens (including phenoxy) is 2. The molecule has 0 atom stereocenters. The molecule has 1 amide bonds. The van der Waals surface area contributed by atoms with Crippen LogP contribution in [-0.2, 0) is 6.54 Å². The summed E-state index contributed by atoms with van der Waals surface area (Å²) in [5, 5.41) is 7.09. The molecule has 1 aromatic carbocycles. The summed E-state index contributed by atoms with van der Waals surface area (Å²) in [6.45, 7) is 6.59. The van der Waals surface area contributed by atoms with Crippen molar-refractivity contribution < 1.29 is 14.3 Å². The minimum Gasteiger partial charge on any atom is -0.497 e. The molecule has 1 heterocycles. The van der Waals surface area contributed by atoms with Crippen LogP contribution in [-0.4, -0.2) is 36.5 Å². The molecule has 1 N–H and O–H groups in total. The number of nitrogens with zero attached hydrogens (tertiary/aromatic N) is 2. The Balaban J connectivity index is 2.44. The highest BCUT2D eigenvalue weighted by Gasteiger charge is 2.17. The first-order valence-corrected chi connectivity index (χ1v) is 7.33. The van der Waals surface area contributed by atoms with Crippen LogP contribution < -0.4 is 14.8 Å². The van der Waals surface area contributed by atoms with Crippen LogP contribution in [0.25, 0.3) is 11.3 Å². The molecule has 0 aliphatic heterocycles. The maximum absolute atomic E-state index is 12.1. The lowest BCUT2D eigenvalue weighted by molar-refractivity contribution is 0.0952. The van der Waals surface area contributed by atoms with Crippen LogP contribution in [0, 0.1) is 0 Å². The van der Waals surface area contributed by atoms with Gasteiger partial charge in [0.15, 0.2) is 5.69 Å². The van der Waals surface area contributed by atoms with Gasteiger partial charge in [-0.25, -0.2) is 0 Å². The van der Waals surface area contributed by atoms with E-state index >= 15 is 0 Å². The molecule has 0 unspecified atom stereocenters. The van der Waals surface area contributed by atoms with Gasteiger partial charge in [0.2, 0.25) is 0 Å². The normalized spacial score (nSPS) is 10.2. The average molecular weight is 315 g/mol. The molecule has 0 radical (unpaired) electrons. The predicted octanol–water partition coefficient (Wildman–Crippen LogP) is 2.50. The molecule has 122 valence electrons. The maximum atomic E-state index is 12.1. The van der Waals surface area contributed by atoms with Gasteiger partial charge in [0, 0.05) is 24.7 Å². The first kappa shape index (κ1) is 16.6. The summed E-state index contributed by atoms with van der Waals surface area (Å²) in [6, 6.07) is 7.31. The third-order valence-electron chi connectivity index (χ3n) is 3.40. The van der Waals surface area contributed by atoms with Gasteiger partial charge in [-0.3, -0.25) is 9.48 Å². The predicted molar refractivity (Wildman–Crippen MR) is 89.0 cm³/mol. The summed E-state index contributed by atoms with van der Waals surface area (Å²) in [6.07, 6.45) is 1.63. The Kier molecular flexibility index (Phi) is 5.41. The molecule has 6 nitrogen and oxygen atoms in total. The molecular weight excluding hydrogens is 294 g/mol. The lowest BCUT2D eigenvalue weighted by Crippen LogP contribution is -2.23. The van der Waals surface area contributed by atoms with E-state index in [-0.39, 0.29) is 5.91 Å². The lowest BCUT2D eigenvalue weighted by Gasteiger charge is -2.11. The molecular formula is C17H21N3O3. The van der Waals surface area contributed by atoms with Crippen molar-refractivity contribution in [3.05, 3.63) is 42.6 Å². The molecule has 0 saturated carbocycles. The number of aryl methyl sites for hydroxylation is 1. The molecule has 2 aromatic rings. The quantitative estimate of drug-likeness (QED) is 0.797. The van der Waals surface area contributed by atoms with Crippen LogP contribution in [0.1, 0.15) is 17.4 Å². The lowest BCUT2D eigenvalue weighted by atomic mass is 10.1. The minimum atomic E-state index is -0.231. The van der Waals surface area contributed by atoms with Gasteiger partial charge in [-0.15, -0.1) is 6.58 Å². The number of carbonyl (C=O) groups excluding carboxylic acids is 1. The fourth-order valence-corrected chi connectivity index (χ4v) is 2.25. The van der Waals surface area contributed by atoms with Crippen molar-refractivity contribution >= 4 is 5.91 Å². The van der Waals surface area contributed by atoms with Crippen LogP contribution in [0.2, 0.25) is 0 Å². The van der Waals surface area contributed by atoms with Gasteiger partial charge in [-0.1, -0.05) is 6.08 Å². The van der Waals surface area contributed by atoms with E-state index in [0.29, 0.717) is 30.3 Å². The van der Waals surface area contributed by atoms with Gasteiger partial charge in [-0.05, 0) is 25.1 Å². The molecule has 0 aliphatic carbocycles. The summed E-state index contributed by atoms with van der Waals surface area (Å²) in [7, 11) is 3.20. The molecule has 0 saturated heterocycles. The molecule has 0 spiro atoms. The van der Waals surface area contributed by atoms with E-state index in [2.05, 4.69) is 17.0 Å². The van der Waals surface area contributed by atoms with E-state index < -0.39 is 0 Å². The van der Waals surface area contributed by atoms with Crippen molar-refractivity contribution in [1.29, 1.82) is 0 Å². The van der Waals surface area contributed by atoms with E-state index in [9.17, 15) is 4.79 Å². The van der Waals surface area contributed by atoms with Crippen molar-refractivity contribution in [1.82, 2.24) is 15.1 Å². The van der Waals surface area contributed by atoms with E-state index in [0.717, 1.165) is 11.3 Å². The number of carbonyl (C=O) groups is 1. The topological polar surface area (TPSA) is 65.4 Å². The number of aromatic nitrogens is 2. The van der Waals surface area contributed by atoms with Gasteiger partial charge in [-0.2, -0.15) is 5.10 Å². The van der Waals surface area contributed by atoms with E-state index in [1.807, 2.05) is 19.1 Å². The Morgan fingerprint density at radius 3 is 2.74 bits per heavy atom. The second kappa shape index (κ2) is 7.49. The van der Waals surface area contributed by atoms with Gasteiger partial charge in [0.05, 0.1) is 19.9 Å². The second-order valence-corrected chi connectivity index (χ2v) is 4.80. The maximum Gasteiger partial charge on any atom is 0.272 e. The Morgan fingerprint density at radius 2 is 2.13 bits per heavy atom. The Hall–Kier alpha value is -2.76. The fourth-order valence-electron chi connectivity index (χ4n) is 2.25. The van der Waals surface area contributed by atoms with Crippen molar-refractivity contribution in [2.75, 3.05) is 20.8 Å². The van der Waals surface area contributed by atoms with Gasteiger partial charge in [0.1, 0.15) is 11.5 Å². The van der Waals surface area contributed by atoms with Gasteiger partial charge in [0.25, 0.3) is 5.91 Å². The summed E-state index contributed by atoms with van der Waals surface area (Å²) in [4.78, 5) is 12.1. The zero-order valence-electron chi connectivity index (χ0n) is 13.6. The monoisotopic (exact) mass is 315 g/mol. The summed E-state index contributed by atoms with van der Waals surface area (Å²) in [5.41, 5.74) is 2.03. The fraction of sp³-hybridized carbons (Fsp3) is 0.294. The molecule has 6 heteroatoms. The van der Waals surface area contributed by atoms with Crippen molar-refractivity contribution in [3.8, 4) is 22.8 Å². The summed E-state index contributed by atoms with van der Waals surface area (Å²) < 4.78 is 12.4. The standard InChI is InChI=1S/C17H21N3O3/c1-5-9-18-17(21)14-11-15(20(6-2)19-14)13-8-7-12(22-3)10-16(13)23-4/h5,7-8,10-11H,1,6,9H2,2-4H3,(H,18,21). The number of nitrogens with one attached hydrogen (secondary N) is 1. The Bertz CT molecular complexity index is 707. The van der Waals surface area contributed by atoms with Gasteiger partial charge >= 0.3 is 0 Å². The number of rotatable bonds is 7. The first-order chi connectivity index (χ1) is 11.1. The second-order valence-electron chi connectivity index (χ2n) is 4.80. The third kappa shape index (κ3) is 3.53. The van der Waals surface area contributed by atoms with Crippen molar-refractivity contribution in [2.24, 2.45) is 0 Å². The molecule has 2 rings (SSSR count). The molecule has 1 aromatic heterocycles. The summed E-state index contributed by atoms with van der Waals surface area (Å²) in [5.74, 6) is 1.14. The van der Waals surface area contributed by atoms with Crippen LogP contribution >= 0.6 is 0 Å². The van der Waals surface area contributed by atoms with E-state index in [1.165, 1.54) is 0 Å². The SMILES string of the molecule is C=CCNC(=O)c1cc(-c2ccc(OC)cc2OC)n(CC)n1. The van der Waals surface area contributed by atoms with E-state index in [4.69, 9.17) is 9.47 Å². The number of methoxy groups -OCH3 is 2. The Morgan fingerprint density at radius 1 is 1.35 bits per heavy atom. The zero-order valence-corrected chi connectivity index (χ0v) is 13.6. The highest BCUT2D eigenvalue weighted by molar-refractivity contribution is 5.93. The van der Waals surface area contributed by atoms with Crippen LogP contribution in [0.5, 0.6) is 11.5 Å². The summed E-state index contributed by atoms with van der Waals surface area (Å²) >= 11 is 0. The van der Waals surface area contributed by atoms with Crippen molar-refractivity contribution in [2.45, 2.75) is 13.5 Å². The minimum absolute atomic E-state index is 0.231. The smallest absolute Gasteiger partial charge is 0.272 e. The number of hydrogen-bond acceptors (Lipinski definition) is 4. The first-order valence-electron chi connectivity index (χ1n) is 7.33. The van der Waals surface area contributed by atoms with Gasteiger partial charge < -0.3 is 14.8 Å². The largest absolute Gasteiger partial charge is 0.497 e. The van der Waals surface area contributed by atoms with E-state index in [1.54, 1.807) is 37.1 Å². The molecule has 0 aliphatic rings. The van der Waals surface area contributed by atoms with Crippen LogP contribution in [0.15, 0.2) is 36.9 Å². The van der Waals surface area contributed by atoms with Crippen LogP contribution in [0.4, 0.5) is 0 Å². The highest BCUT2D eigenvalue weighted by Crippen LogP contribution is 2.33. The van der Waals surface area contributed by atoms with Crippen molar-refractivity contribution in [3.63, 3.8) is 0 Å². The average Bonchev–Trinajstić information content (AvgIpc) is 3.03. The van der Waals surface area contributed by atoms with Crippen LogP contribution in [0.3, 0.4) is 0 Å². The zero-order chi connectivity index (χ0) is 16.8. The highest BCUT2D eigenvalue weighted by atomic mass is 16.5. The molecule has 0 bridgehead atoms. The number of hydrogen-bond donors (Lipinski definition) is 1. The Labute approximate surface area is 135 Å². The third-order valence-corrected chi connectivity index (χ3v) is 3.40. The number of amides is 1. The molecule has 23 heavy (non-hydrogen) atoms. The number of benzene rings is 1. The molecule has 0 fully saturated rings.